The van der Waals surface area contributed by atoms with Crippen molar-refractivity contribution < 1.29 is 0 Å². The number of hydrogen-bond acceptors (Lipinski definition) is 1. The van der Waals surface area contributed by atoms with Gasteiger partial charge in [0.1, 0.15) is 0 Å². The standard InChI is InChI=1S/C11H19N/c1-7-2-4-10(7)12-11-5-3-8-6-9(8)11/h7-12H,2-6H2,1H3. The van der Waals surface area contributed by atoms with Gasteiger partial charge in [-0.15, -0.1) is 0 Å². The maximum atomic E-state index is 3.86. The van der Waals surface area contributed by atoms with Crippen LogP contribution in [0.15, 0.2) is 0 Å². The van der Waals surface area contributed by atoms with E-state index in [-0.39, 0.29) is 0 Å². The lowest BCUT2D eigenvalue weighted by Gasteiger charge is -2.37. The maximum Gasteiger partial charge on any atom is 0.0101 e. The lowest BCUT2D eigenvalue weighted by molar-refractivity contribution is 0.204. The van der Waals surface area contributed by atoms with Crippen molar-refractivity contribution in [1.82, 2.24) is 5.32 Å². The molecule has 0 amide bonds. The molecule has 3 fully saturated rings. The van der Waals surface area contributed by atoms with E-state index in [1.165, 1.54) is 25.7 Å². The summed E-state index contributed by atoms with van der Waals surface area (Å²) < 4.78 is 0. The van der Waals surface area contributed by atoms with Crippen LogP contribution in [0, 0.1) is 17.8 Å². The van der Waals surface area contributed by atoms with Crippen LogP contribution in [0.3, 0.4) is 0 Å². The molecule has 5 atom stereocenters. The molecule has 0 saturated heterocycles. The fraction of sp³-hybridized carbons (Fsp3) is 1.00. The zero-order chi connectivity index (χ0) is 8.13. The Morgan fingerprint density at radius 2 is 1.83 bits per heavy atom. The second-order valence-electron chi connectivity index (χ2n) is 5.17. The minimum absolute atomic E-state index is 0.884. The fourth-order valence-corrected chi connectivity index (χ4v) is 3.10. The zero-order valence-corrected chi connectivity index (χ0v) is 7.92. The summed E-state index contributed by atoms with van der Waals surface area (Å²) in [5, 5.41) is 3.86. The Morgan fingerprint density at radius 3 is 2.25 bits per heavy atom. The predicted molar refractivity (Wildman–Crippen MR) is 49.9 cm³/mol. The van der Waals surface area contributed by atoms with Gasteiger partial charge in [-0.05, 0) is 49.9 Å². The average molecular weight is 165 g/mol. The Labute approximate surface area is 74.9 Å². The number of hydrogen-bond donors (Lipinski definition) is 1. The van der Waals surface area contributed by atoms with E-state index < -0.39 is 0 Å². The van der Waals surface area contributed by atoms with Crippen LogP contribution in [0.4, 0.5) is 0 Å². The van der Waals surface area contributed by atoms with Gasteiger partial charge >= 0.3 is 0 Å². The van der Waals surface area contributed by atoms with Gasteiger partial charge < -0.3 is 5.32 Å². The first-order valence-electron chi connectivity index (χ1n) is 5.60. The first kappa shape index (κ1) is 7.37. The highest BCUT2D eigenvalue weighted by molar-refractivity contribution is 5.03. The summed E-state index contributed by atoms with van der Waals surface area (Å²) in [6.45, 7) is 2.39. The molecule has 3 rings (SSSR count). The van der Waals surface area contributed by atoms with E-state index in [2.05, 4.69) is 12.2 Å². The topological polar surface area (TPSA) is 12.0 Å². The third-order valence-corrected chi connectivity index (χ3v) is 4.39. The summed E-state index contributed by atoms with van der Waals surface area (Å²) in [7, 11) is 0. The van der Waals surface area contributed by atoms with Crippen LogP contribution in [0.1, 0.15) is 39.0 Å². The summed E-state index contributed by atoms with van der Waals surface area (Å²) in [6.07, 6.45) is 7.42. The molecule has 3 aliphatic rings. The summed E-state index contributed by atoms with van der Waals surface area (Å²) in [4.78, 5) is 0. The molecule has 3 saturated carbocycles. The number of rotatable bonds is 2. The Morgan fingerprint density at radius 1 is 1.00 bits per heavy atom. The molecular weight excluding hydrogens is 146 g/mol. The third-order valence-electron chi connectivity index (χ3n) is 4.39. The third kappa shape index (κ3) is 1.02. The van der Waals surface area contributed by atoms with Crippen LogP contribution in [-0.4, -0.2) is 12.1 Å². The molecule has 68 valence electrons. The first-order valence-corrected chi connectivity index (χ1v) is 5.60. The molecule has 1 N–H and O–H groups in total. The summed E-state index contributed by atoms with van der Waals surface area (Å²) in [5.74, 6) is 3.19. The second-order valence-corrected chi connectivity index (χ2v) is 5.17. The highest BCUT2D eigenvalue weighted by Gasteiger charge is 2.48. The molecule has 1 nitrogen and oxygen atoms in total. The van der Waals surface area contributed by atoms with Gasteiger partial charge in [0.15, 0.2) is 0 Å². The molecule has 5 unspecified atom stereocenters. The molecular formula is C11H19N. The molecule has 0 bridgehead atoms. The van der Waals surface area contributed by atoms with E-state index in [1.807, 2.05) is 0 Å². The number of fused-ring (bicyclic) bond motifs is 1. The second kappa shape index (κ2) is 2.47. The van der Waals surface area contributed by atoms with E-state index >= 15 is 0 Å². The Balaban J connectivity index is 1.54. The van der Waals surface area contributed by atoms with Gasteiger partial charge in [-0.25, -0.2) is 0 Å². The zero-order valence-electron chi connectivity index (χ0n) is 7.92. The van der Waals surface area contributed by atoms with Gasteiger partial charge in [-0.1, -0.05) is 6.92 Å². The Kier molecular flexibility index (Phi) is 1.52. The highest BCUT2D eigenvalue weighted by atomic mass is 15.0. The van der Waals surface area contributed by atoms with E-state index in [1.54, 1.807) is 6.42 Å². The first-order chi connectivity index (χ1) is 5.84. The molecule has 3 aliphatic carbocycles. The van der Waals surface area contributed by atoms with Crippen LogP contribution in [0.5, 0.6) is 0 Å². The molecule has 1 heteroatoms. The normalized spacial score (nSPS) is 56.2. The average Bonchev–Trinajstić information content (AvgIpc) is 2.75. The summed E-state index contributed by atoms with van der Waals surface area (Å²) >= 11 is 0. The minimum atomic E-state index is 0.884. The smallest absolute Gasteiger partial charge is 0.0101 e. The molecule has 0 radical (unpaired) electrons. The quantitative estimate of drug-likeness (QED) is 0.661. The van der Waals surface area contributed by atoms with Gasteiger partial charge in [0.2, 0.25) is 0 Å². The Hall–Kier alpha value is -0.0400. The molecule has 0 aromatic rings. The lowest BCUT2D eigenvalue weighted by atomic mass is 9.80. The summed E-state index contributed by atoms with van der Waals surface area (Å²) in [5.41, 5.74) is 0. The van der Waals surface area contributed by atoms with Crippen LogP contribution in [-0.2, 0) is 0 Å². The van der Waals surface area contributed by atoms with Crippen molar-refractivity contribution in [2.75, 3.05) is 0 Å². The molecule has 0 spiro atoms. The lowest BCUT2D eigenvalue weighted by Crippen LogP contribution is -2.47. The van der Waals surface area contributed by atoms with Crippen molar-refractivity contribution in [2.45, 2.75) is 51.1 Å². The fourth-order valence-electron chi connectivity index (χ4n) is 3.10. The van der Waals surface area contributed by atoms with Crippen LogP contribution < -0.4 is 5.32 Å². The predicted octanol–water partition coefficient (Wildman–Crippen LogP) is 2.17. The van der Waals surface area contributed by atoms with Crippen molar-refractivity contribution in [3.8, 4) is 0 Å². The molecule has 0 aromatic carbocycles. The largest absolute Gasteiger partial charge is 0.311 e. The van der Waals surface area contributed by atoms with Gasteiger partial charge in [-0.3, -0.25) is 0 Å². The van der Waals surface area contributed by atoms with Crippen LogP contribution in [0.25, 0.3) is 0 Å². The summed E-state index contributed by atoms with van der Waals surface area (Å²) in [6, 6.07) is 1.80. The monoisotopic (exact) mass is 165 g/mol. The SMILES string of the molecule is CC1CCC1NC1CCC2CC21. The van der Waals surface area contributed by atoms with E-state index in [0.29, 0.717) is 0 Å². The van der Waals surface area contributed by atoms with Gasteiger partial charge in [0.25, 0.3) is 0 Å². The molecule has 0 aliphatic heterocycles. The maximum absolute atomic E-state index is 3.86. The van der Waals surface area contributed by atoms with Crippen LogP contribution in [0.2, 0.25) is 0 Å². The van der Waals surface area contributed by atoms with Crippen molar-refractivity contribution in [3.05, 3.63) is 0 Å². The van der Waals surface area contributed by atoms with Crippen LogP contribution >= 0.6 is 0 Å². The van der Waals surface area contributed by atoms with E-state index in [0.717, 1.165) is 29.8 Å². The van der Waals surface area contributed by atoms with Gasteiger partial charge in [0.05, 0.1) is 0 Å². The van der Waals surface area contributed by atoms with Gasteiger partial charge in [-0.2, -0.15) is 0 Å². The molecule has 0 aromatic heterocycles. The van der Waals surface area contributed by atoms with Gasteiger partial charge in [0, 0.05) is 12.1 Å². The molecule has 0 heterocycles. The van der Waals surface area contributed by atoms with Crippen molar-refractivity contribution >= 4 is 0 Å². The van der Waals surface area contributed by atoms with Crippen molar-refractivity contribution in [3.63, 3.8) is 0 Å². The number of nitrogens with one attached hydrogen (secondary N) is 1. The van der Waals surface area contributed by atoms with E-state index in [9.17, 15) is 0 Å². The van der Waals surface area contributed by atoms with Crippen molar-refractivity contribution in [2.24, 2.45) is 17.8 Å². The highest BCUT2D eigenvalue weighted by Crippen LogP contribution is 2.52. The Bertz CT molecular complexity index is 189. The van der Waals surface area contributed by atoms with Crippen molar-refractivity contribution in [1.29, 1.82) is 0 Å². The van der Waals surface area contributed by atoms with E-state index in [4.69, 9.17) is 0 Å². The minimum Gasteiger partial charge on any atom is -0.311 e. The molecule has 12 heavy (non-hydrogen) atoms.